The normalized spacial score (nSPS) is 21.1. The number of hydrogen-bond acceptors (Lipinski definition) is 2. The molecule has 0 bridgehead atoms. The fourth-order valence-electron chi connectivity index (χ4n) is 1.71. The Hall–Kier alpha value is -1.18. The van der Waals surface area contributed by atoms with Gasteiger partial charge in [0.25, 0.3) is 0 Å². The number of ketones is 1. The quantitative estimate of drug-likeness (QED) is 0.629. The molecule has 0 saturated heterocycles. The van der Waals surface area contributed by atoms with E-state index in [-0.39, 0.29) is 11.7 Å². The van der Waals surface area contributed by atoms with E-state index >= 15 is 0 Å². The summed E-state index contributed by atoms with van der Waals surface area (Å²) in [6.07, 6.45) is 3.50. The lowest BCUT2D eigenvalue weighted by molar-refractivity contribution is 0.0930. The van der Waals surface area contributed by atoms with Crippen LogP contribution in [0.4, 0.5) is 0 Å². The lowest BCUT2D eigenvalue weighted by Gasteiger charge is -1.99. The molecule has 1 aromatic rings. The molecule has 0 radical (unpaired) electrons. The first-order chi connectivity index (χ1) is 5.83. The van der Waals surface area contributed by atoms with Crippen molar-refractivity contribution in [2.24, 2.45) is 5.92 Å². The van der Waals surface area contributed by atoms with E-state index in [0.717, 1.165) is 18.4 Å². The third-order valence-electron chi connectivity index (χ3n) is 2.45. The molecule has 1 aliphatic rings. The van der Waals surface area contributed by atoms with Crippen LogP contribution >= 0.6 is 0 Å². The molecule has 12 heavy (non-hydrogen) atoms. The van der Waals surface area contributed by atoms with Gasteiger partial charge in [0.05, 0.1) is 0 Å². The van der Waals surface area contributed by atoms with Gasteiger partial charge in [0.15, 0.2) is 5.78 Å². The number of aromatic nitrogens is 1. The molecule has 0 amide bonds. The standard InChI is InChI=1S/C10H11NO/c1-2-7-6-8-4-3-5-11-9(8)10(7)12/h3-5,7H,2,6H2,1H3/t7-/m1/s1. The highest BCUT2D eigenvalue weighted by Crippen LogP contribution is 2.26. The molecule has 0 saturated carbocycles. The summed E-state index contributed by atoms with van der Waals surface area (Å²) in [6, 6.07) is 3.89. The summed E-state index contributed by atoms with van der Waals surface area (Å²) in [4.78, 5) is 15.7. The Balaban J connectivity index is 2.42. The number of pyridine rings is 1. The minimum Gasteiger partial charge on any atom is -0.292 e. The zero-order valence-electron chi connectivity index (χ0n) is 7.08. The molecular formula is C10H11NO. The monoisotopic (exact) mass is 161 g/mol. The van der Waals surface area contributed by atoms with Gasteiger partial charge in [-0.05, 0) is 24.5 Å². The zero-order chi connectivity index (χ0) is 8.55. The fourth-order valence-corrected chi connectivity index (χ4v) is 1.71. The highest BCUT2D eigenvalue weighted by molar-refractivity contribution is 6.00. The summed E-state index contributed by atoms with van der Waals surface area (Å²) >= 11 is 0. The van der Waals surface area contributed by atoms with Gasteiger partial charge in [0.2, 0.25) is 0 Å². The maximum absolute atomic E-state index is 11.6. The number of fused-ring (bicyclic) bond motifs is 1. The first kappa shape index (κ1) is 7.47. The predicted octanol–water partition coefficient (Wildman–Crippen LogP) is 1.85. The Morgan fingerprint density at radius 2 is 2.50 bits per heavy atom. The molecular weight excluding hydrogens is 150 g/mol. The van der Waals surface area contributed by atoms with E-state index in [0.29, 0.717) is 5.69 Å². The molecule has 2 heteroatoms. The molecule has 1 aromatic heterocycles. The summed E-state index contributed by atoms with van der Waals surface area (Å²) in [6.45, 7) is 2.05. The molecule has 0 unspecified atom stereocenters. The molecule has 0 fully saturated rings. The first-order valence-electron chi connectivity index (χ1n) is 4.31. The third-order valence-corrected chi connectivity index (χ3v) is 2.45. The topological polar surface area (TPSA) is 30.0 Å². The molecule has 0 aromatic carbocycles. The highest BCUT2D eigenvalue weighted by Gasteiger charge is 2.29. The van der Waals surface area contributed by atoms with Crippen LogP contribution in [-0.2, 0) is 6.42 Å². The van der Waals surface area contributed by atoms with E-state index in [9.17, 15) is 4.79 Å². The van der Waals surface area contributed by atoms with Crippen LogP contribution in [0.5, 0.6) is 0 Å². The van der Waals surface area contributed by atoms with Gasteiger partial charge in [-0.2, -0.15) is 0 Å². The van der Waals surface area contributed by atoms with E-state index in [1.807, 2.05) is 12.1 Å². The summed E-state index contributed by atoms with van der Waals surface area (Å²) in [5.41, 5.74) is 1.82. The Kier molecular flexibility index (Phi) is 1.68. The number of nitrogens with zero attached hydrogens (tertiary/aromatic N) is 1. The van der Waals surface area contributed by atoms with Gasteiger partial charge in [-0.1, -0.05) is 13.0 Å². The van der Waals surface area contributed by atoms with Crippen LogP contribution in [0.25, 0.3) is 0 Å². The van der Waals surface area contributed by atoms with Gasteiger partial charge in [0.1, 0.15) is 5.69 Å². The van der Waals surface area contributed by atoms with Crippen molar-refractivity contribution in [2.75, 3.05) is 0 Å². The largest absolute Gasteiger partial charge is 0.292 e. The maximum Gasteiger partial charge on any atom is 0.184 e. The van der Waals surface area contributed by atoms with Crippen LogP contribution in [0, 0.1) is 5.92 Å². The van der Waals surface area contributed by atoms with E-state index in [1.165, 1.54) is 0 Å². The molecule has 1 aliphatic carbocycles. The fraction of sp³-hybridized carbons (Fsp3) is 0.400. The summed E-state index contributed by atoms with van der Waals surface area (Å²) in [5.74, 6) is 0.419. The lowest BCUT2D eigenvalue weighted by atomic mass is 10.0. The molecule has 1 atom stereocenters. The molecule has 0 spiro atoms. The number of carbonyl (C=O) groups excluding carboxylic acids is 1. The van der Waals surface area contributed by atoms with Gasteiger partial charge in [-0.25, -0.2) is 0 Å². The van der Waals surface area contributed by atoms with Crippen molar-refractivity contribution in [3.8, 4) is 0 Å². The average molecular weight is 161 g/mol. The van der Waals surface area contributed by atoms with Crippen LogP contribution in [-0.4, -0.2) is 10.8 Å². The highest BCUT2D eigenvalue weighted by atomic mass is 16.1. The maximum atomic E-state index is 11.6. The van der Waals surface area contributed by atoms with Crippen molar-refractivity contribution >= 4 is 5.78 Å². The smallest absolute Gasteiger partial charge is 0.184 e. The number of carbonyl (C=O) groups is 1. The molecule has 0 aliphatic heterocycles. The summed E-state index contributed by atoms with van der Waals surface area (Å²) < 4.78 is 0. The van der Waals surface area contributed by atoms with Crippen molar-refractivity contribution in [2.45, 2.75) is 19.8 Å². The van der Waals surface area contributed by atoms with E-state index in [1.54, 1.807) is 6.20 Å². The molecule has 62 valence electrons. The third kappa shape index (κ3) is 0.951. The van der Waals surface area contributed by atoms with Crippen molar-refractivity contribution < 1.29 is 4.79 Å². The second kappa shape index (κ2) is 2.70. The van der Waals surface area contributed by atoms with Crippen LogP contribution in [0.15, 0.2) is 18.3 Å². The molecule has 2 rings (SSSR count). The SMILES string of the molecule is CC[C@@H]1Cc2cccnc2C1=O. The van der Waals surface area contributed by atoms with Crippen molar-refractivity contribution in [3.05, 3.63) is 29.6 Å². The zero-order valence-corrected chi connectivity index (χ0v) is 7.08. The minimum atomic E-state index is 0.190. The second-order valence-electron chi connectivity index (χ2n) is 3.18. The van der Waals surface area contributed by atoms with Crippen LogP contribution < -0.4 is 0 Å². The van der Waals surface area contributed by atoms with E-state index < -0.39 is 0 Å². The summed E-state index contributed by atoms with van der Waals surface area (Å²) in [7, 11) is 0. The Morgan fingerprint density at radius 3 is 3.17 bits per heavy atom. The number of rotatable bonds is 1. The summed E-state index contributed by atoms with van der Waals surface area (Å²) in [5, 5.41) is 0. The van der Waals surface area contributed by atoms with Gasteiger partial charge in [-0.15, -0.1) is 0 Å². The van der Waals surface area contributed by atoms with E-state index in [2.05, 4.69) is 11.9 Å². The average Bonchev–Trinajstić information content (AvgIpc) is 2.44. The minimum absolute atomic E-state index is 0.190. The molecule has 2 nitrogen and oxygen atoms in total. The Morgan fingerprint density at radius 1 is 1.67 bits per heavy atom. The van der Waals surface area contributed by atoms with Gasteiger partial charge in [-0.3, -0.25) is 9.78 Å². The van der Waals surface area contributed by atoms with Crippen molar-refractivity contribution in [1.29, 1.82) is 0 Å². The first-order valence-corrected chi connectivity index (χ1v) is 4.31. The van der Waals surface area contributed by atoms with Gasteiger partial charge < -0.3 is 0 Å². The molecule has 0 N–H and O–H groups in total. The lowest BCUT2D eigenvalue weighted by Crippen LogP contribution is -2.07. The van der Waals surface area contributed by atoms with Crippen LogP contribution in [0.1, 0.15) is 29.4 Å². The Labute approximate surface area is 71.6 Å². The predicted molar refractivity (Wildman–Crippen MR) is 46.1 cm³/mol. The van der Waals surface area contributed by atoms with Gasteiger partial charge in [0, 0.05) is 12.1 Å². The number of hydrogen-bond donors (Lipinski definition) is 0. The van der Waals surface area contributed by atoms with Crippen molar-refractivity contribution in [1.82, 2.24) is 4.98 Å². The van der Waals surface area contributed by atoms with E-state index in [4.69, 9.17) is 0 Å². The number of Topliss-reactive ketones (excluding diaryl/α,β-unsaturated/α-hetero) is 1. The molecule has 1 heterocycles. The Bertz CT molecular complexity index is 319. The van der Waals surface area contributed by atoms with Crippen LogP contribution in [0.3, 0.4) is 0 Å². The second-order valence-corrected chi connectivity index (χ2v) is 3.18. The van der Waals surface area contributed by atoms with Crippen molar-refractivity contribution in [3.63, 3.8) is 0 Å². The van der Waals surface area contributed by atoms with Gasteiger partial charge >= 0.3 is 0 Å². The van der Waals surface area contributed by atoms with Crippen LogP contribution in [0.2, 0.25) is 0 Å².